The predicted molar refractivity (Wildman–Crippen MR) is 102 cm³/mol. The number of nitro benzene ring substituents is 1. The molecule has 2 aromatic carbocycles. The predicted octanol–water partition coefficient (Wildman–Crippen LogP) is 3.73. The number of pyridine rings is 1. The lowest BCUT2D eigenvalue weighted by atomic mass is 10.1. The van der Waals surface area contributed by atoms with Crippen molar-refractivity contribution in [1.82, 2.24) is 15.3 Å². The molecule has 0 fully saturated rings. The second-order valence-corrected chi connectivity index (χ2v) is 6.03. The van der Waals surface area contributed by atoms with E-state index in [9.17, 15) is 14.9 Å². The molecule has 8 heteroatoms. The first-order valence-corrected chi connectivity index (χ1v) is 8.44. The maximum Gasteiger partial charge on any atom is 0.270 e. The Labute approximate surface area is 159 Å². The van der Waals surface area contributed by atoms with Gasteiger partial charge in [0.05, 0.1) is 4.92 Å². The number of carbonyl (C=O) groups is 1. The molecule has 0 radical (unpaired) electrons. The van der Waals surface area contributed by atoms with Crippen LogP contribution in [-0.2, 0) is 6.54 Å². The summed E-state index contributed by atoms with van der Waals surface area (Å²) in [5.74, 6) is 0.0960. The monoisotopic (exact) mass is 374 g/mol. The van der Waals surface area contributed by atoms with Crippen LogP contribution in [0.4, 0.5) is 5.69 Å². The Morgan fingerprint density at radius 1 is 1.11 bits per heavy atom. The van der Waals surface area contributed by atoms with Gasteiger partial charge in [0.2, 0.25) is 5.89 Å². The minimum Gasteiger partial charge on any atom is -0.434 e. The Morgan fingerprint density at radius 3 is 2.68 bits per heavy atom. The Bertz CT molecular complexity index is 1140. The van der Waals surface area contributed by atoms with E-state index >= 15 is 0 Å². The first kappa shape index (κ1) is 17.3. The van der Waals surface area contributed by atoms with Crippen LogP contribution < -0.4 is 5.32 Å². The molecule has 4 rings (SSSR count). The number of nitrogens with one attached hydrogen (secondary N) is 1. The van der Waals surface area contributed by atoms with Gasteiger partial charge in [0.1, 0.15) is 0 Å². The van der Waals surface area contributed by atoms with Crippen LogP contribution in [0.2, 0.25) is 0 Å². The van der Waals surface area contributed by atoms with Crippen LogP contribution in [-0.4, -0.2) is 20.8 Å². The normalized spacial score (nSPS) is 10.7. The lowest BCUT2D eigenvalue weighted by Gasteiger charge is -2.06. The molecule has 0 saturated carbocycles. The number of non-ortho nitro benzene ring substituents is 1. The van der Waals surface area contributed by atoms with Crippen molar-refractivity contribution in [3.63, 3.8) is 0 Å². The molecule has 0 atom stereocenters. The zero-order valence-electron chi connectivity index (χ0n) is 14.5. The number of oxazole rings is 1. The zero-order chi connectivity index (χ0) is 19.5. The number of nitrogens with zero attached hydrogens (tertiary/aromatic N) is 3. The average molecular weight is 374 g/mol. The van der Waals surface area contributed by atoms with Crippen LogP contribution in [0.3, 0.4) is 0 Å². The number of fused-ring (bicyclic) bond motifs is 1. The number of carbonyl (C=O) groups excluding carboxylic acids is 1. The van der Waals surface area contributed by atoms with Crippen molar-refractivity contribution >= 4 is 22.8 Å². The van der Waals surface area contributed by atoms with Crippen LogP contribution >= 0.6 is 0 Å². The Morgan fingerprint density at radius 2 is 1.93 bits per heavy atom. The van der Waals surface area contributed by atoms with Crippen LogP contribution in [0.1, 0.15) is 15.9 Å². The molecule has 1 amide bonds. The highest BCUT2D eigenvalue weighted by molar-refractivity contribution is 5.94. The van der Waals surface area contributed by atoms with E-state index in [2.05, 4.69) is 15.3 Å². The summed E-state index contributed by atoms with van der Waals surface area (Å²) < 4.78 is 5.68. The molecule has 0 aliphatic heterocycles. The van der Waals surface area contributed by atoms with Crippen LogP contribution in [0.5, 0.6) is 0 Å². The van der Waals surface area contributed by atoms with E-state index in [0.717, 1.165) is 11.1 Å². The standard InChI is InChI=1S/C20H14N4O4/c25-19(15-3-1-4-16(11-15)24(26)27)22-12-13-6-8-14(9-7-13)20-23-18-17(28-20)5-2-10-21-18/h1-11H,12H2,(H,22,25). The van der Waals surface area contributed by atoms with E-state index in [1.165, 1.54) is 24.3 Å². The molecule has 0 spiro atoms. The van der Waals surface area contributed by atoms with Gasteiger partial charge in [-0.15, -0.1) is 0 Å². The van der Waals surface area contributed by atoms with Gasteiger partial charge in [-0.25, -0.2) is 4.98 Å². The highest BCUT2D eigenvalue weighted by Crippen LogP contribution is 2.23. The Kier molecular flexibility index (Phi) is 4.51. The third-order valence-electron chi connectivity index (χ3n) is 4.14. The topological polar surface area (TPSA) is 111 Å². The van der Waals surface area contributed by atoms with Crippen LogP contribution in [0, 0.1) is 10.1 Å². The second kappa shape index (κ2) is 7.28. The largest absolute Gasteiger partial charge is 0.434 e. The fourth-order valence-corrected chi connectivity index (χ4v) is 2.70. The molecule has 0 aliphatic carbocycles. The van der Waals surface area contributed by atoms with Crippen molar-refractivity contribution in [2.24, 2.45) is 0 Å². The number of amides is 1. The van der Waals surface area contributed by atoms with Gasteiger partial charge < -0.3 is 9.73 Å². The SMILES string of the molecule is O=C(NCc1ccc(-c2nc3ncccc3o2)cc1)c1cccc([N+](=O)[O-])c1. The summed E-state index contributed by atoms with van der Waals surface area (Å²) in [5.41, 5.74) is 2.95. The maximum atomic E-state index is 12.2. The quantitative estimate of drug-likeness (QED) is 0.421. The van der Waals surface area contributed by atoms with Crippen LogP contribution in [0.25, 0.3) is 22.7 Å². The summed E-state index contributed by atoms with van der Waals surface area (Å²) in [6.07, 6.45) is 1.65. The van der Waals surface area contributed by atoms with Crippen molar-refractivity contribution in [3.8, 4) is 11.5 Å². The lowest BCUT2D eigenvalue weighted by molar-refractivity contribution is -0.384. The summed E-state index contributed by atoms with van der Waals surface area (Å²) in [5, 5.41) is 13.6. The molecule has 8 nitrogen and oxygen atoms in total. The van der Waals surface area contributed by atoms with Gasteiger partial charge in [-0.1, -0.05) is 18.2 Å². The molecule has 0 saturated heterocycles. The van der Waals surface area contributed by atoms with E-state index in [1.807, 2.05) is 24.3 Å². The Balaban J connectivity index is 1.44. The van der Waals surface area contributed by atoms with Crippen molar-refractivity contribution < 1.29 is 14.1 Å². The molecule has 28 heavy (non-hydrogen) atoms. The third-order valence-corrected chi connectivity index (χ3v) is 4.14. The van der Waals surface area contributed by atoms with Crippen molar-refractivity contribution in [1.29, 1.82) is 0 Å². The summed E-state index contributed by atoms with van der Waals surface area (Å²) >= 11 is 0. The number of benzene rings is 2. The fraction of sp³-hybridized carbons (Fsp3) is 0.0500. The molecule has 0 unspecified atom stereocenters. The maximum absolute atomic E-state index is 12.2. The van der Waals surface area contributed by atoms with Crippen molar-refractivity contribution in [3.05, 3.63) is 88.1 Å². The van der Waals surface area contributed by atoms with Gasteiger partial charge >= 0.3 is 0 Å². The number of hydrogen-bond donors (Lipinski definition) is 1. The molecular weight excluding hydrogens is 360 g/mol. The minimum atomic E-state index is -0.531. The lowest BCUT2D eigenvalue weighted by Crippen LogP contribution is -2.22. The highest BCUT2D eigenvalue weighted by Gasteiger charge is 2.12. The van der Waals surface area contributed by atoms with E-state index in [4.69, 9.17) is 4.42 Å². The van der Waals surface area contributed by atoms with Crippen LogP contribution in [0.15, 0.2) is 71.3 Å². The van der Waals surface area contributed by atoms with Crippen molar-refractivity contribution in [2.75, 3.05) is 0 Å². The zero-order valence-corrected chi connectivity index (χ0v) is 14.5. The highest BCUT2D eigenvalue weighted by atomic mass is 16.6. The molecule has 2 aromatic heterocycles. The van der Waals surface area contributed by atoms with E-state index in [1.54, 1.807) is 18.3 Å². The van der Waals surface area contributed by atoms with Gasteiger partial charge in [0, 0.05) is 36.0 Å². The van der Waals surface area contributed by atoms with E-state index in [-0.39, 0.29) is 23.7 Å². The summed E-state index contributed by atoms with van der Waals surface area (Å²) in [6, 6.07) is 16.6. The van der Waals surface area contributed by atoms with Crippen molar-refractivity contribution in [2.45, 2.75) is 6.54 Å². The molecular formula is C20H14N4O4. The molecule has 0 bridgehead atoms. The van der Waals surface area contributed by atoms with Gasteiger partial charge in [-0.05, 0) is 35.9 Å². The summed E-state index contributed by atoms with van der Waals surface area (Å²) in [6.45, 7) is 0.289. The molecule has 0 aliphatic rings. The minimum absolute atomic E-state index is 0.121. The van der Waals surface area contributed by atoms with Gasteiger partial charge in [0.15, 0.2) is 11.2 Å². The summed E-state index contributed by atoms with van der Waals surface area (Å²) in [7, 11) is 0. The molecule has 4 aromatic rings. The van der Waals surface area contributed by atoms with E-state index < -0.39 is 4.92 Å². The fourth-order valence-electron chi connectivity index (χ4n) is 2.70. The molecule has 1 N–H and O–H groups in total. The number of rotatable bonds is 5. The Hall–Kier alpha value is -4.07. The number of aromatic nitrogens is 2. The average Bonchev–Trinajstić information content (AvgIpc) is 3.16. The van der Waals surface area contributed by atoms with Gasteiger partial charge in [0.25, 0.3) is 11.6 Å². The third kappa shape index (κ3) is 3.56. The first-order valence-electron chi connectivity index (χ1n) is 8.44. The molecule has 2 heterocycles. The number of nitro groups is 1. The molecule has 138 valence electrons. The van der Waals surface area contributed by atoms with Gasteiger partial charge in [-0.3, -0.25) is 14.9 Å². The summed E-state index contributed by atoms with van der Waals surface area (Å²) in [4.78, 5) is 31.0. The number of hydrogen-bond acceptors (Lipinski definition) is 6. The van der Waals surface area contributed by atoms with E-state index in [0.29, 0.717) is 17.1 Å². The second-order valence-electron chi connectivity index (χ2n) is 6.03. The smallest absolute Gasteiger partial charge is 0.270 e. The van der Waals surface area contributed by atoms with Gasteiger partial charge in [-0.2, -0.15) is 4.98 Å². The first-order chi connectivity index (χ1) is 13.6.